The van der Waals surface area contributed by atoms with Crippen molar-refractivity contribution in [1.82, 2.24) is 0 Å². The predicted octanol–water partition coefficient (Wildman–Crippen LogP) is 7.18. The summed E-state index contributed by atoms with van der Waals surface area (Å²) in [6, 6.07) is 23.5. The third-order valence-corrected chi connectivity index (χ3v) is 4.31. The lowest BCUT2D eigenvalue weighted by Gasteiger charge is -2.22. The number of rotatable bonds is 5. The van der Waals surface area contributed by atoms with Crippen LogP contribution in [0, 0.1) is 6.07 Å². The number of ether oxygens (including phenoxy) is 3. The van der Waals surface area contributed by atoms with E-state index in [1.165, 1.54) is 0 Å². The summed E-state index contributed by atoms with van der Waals surface area (Å²) < 4.78 is 17.6. The molecule has 3 aromatic carbocycles. The van der Waals surface area contributed by atoms with E-state index in [-0.39, 0.29) is 11.2 Å². The molecule has 0 aliphatic carbocycles. The third-order valence-electron chi connectivity index (χ3n) is 4.31. The van der Waals surface area contributed by atoms with Gasteiger partial charge >= 0.3 is 0 Å². The summed E-state index contributed by atoms with van der Waals surface area (Å²) in [7, 11) is 1.69. The Morgan fingerprint density at radius 1 is 0.633 bits per heavy atom. The zero-order valence-corrected chi connectivity index (χ0v) is 19.0. The van der Waals surface area contributed by atoms with Crippen molar-refractivity contribution in [1.29, 1.82) is 0 Å². The second-order valence-electron chi connectivity index (χ2n) is 9.27. The number of hydrogen-bond acceptors (Lipinski definition) is 3. The molecule has 0 unspecified atom stereocenters. The molecule has 3 aromatic rings. The van der Waals surface area contributed by atoms with Crippen LogP contribution < -0.4 is 14.2 Å². The van der Waals surface area contributed by atoms with Crippen LogP contribution in [0.1, 0.15) is 41.5 Å². The third kappa shape index (κ3) is 5.56. The van der Waals surface area contributed by atoms with Crippen LogP contribution in [-0.2, 0) is 0 Å². The van der Waals surface area contributed by atoms with Gasteiger partial charge in [-0.3, -0.25) is 0 Å². The van der Waals surface area contributed by atoms with Crippen LogP contribution in [0.25, 0.3) is 22.3 Å². The van der Waals surface area contributed by atoms with Gasteiger partial charge < -0.3 is 14.2 Å². The van der Waals surface area contributed by atoms with Gasteiger partial charge in [-0.25, -0.2) is 0 Å². The van der Waals surface area contributed by atoms with Crippen LogP contribution in [0.15, 0.2) is 60.7 Å². The zero-order valence-electron chi connectivity index (χ0n) is 19.0. The molecule has 30 heavy (non-hydrogen) atoms. The van der Waals surface area contributed by atoms with E-state index >= 15 is 0 Å². The highest BCUT2D eigenvalue weighted by Crippen LogP contribution is 2.40. The maximum atomic E-state index is 5.96. The zero-order chi connectivity index (χ0) is 21.9. The Kier molecular flexibility index (Phi) is 6.12. The molecule has 3 nitrogen and oxygen atoms in total. The van der Waals surface area contributed by atoms with Gasteiger partial charge in [-0.05, 0) is 89.1 Å². The van der Waals surface area contributed by atoms with Crippen molar-refractivity contribution in [3.63, 3.8) is 0 Å². The lowest BCUT2D eigenvalue weighted by Crippen LogP contribution is -2.22. The smallest absolute Gasteiger partial charge is 0.127 e. The molecule has 0 aromatic heterocycles. The number of benzene rings is 3. The van der Waals surface area contributed by atoms with Crippen LogP contribution in [0.5, 0.6) is 17.2 Å². The summed E-state index contributed by atoms with van der Waals surface area (Å²) in [6.07, 6.45) is 0. The molecule has 0 bridgehead atoms. The molecule has 0 saturated heterocycles. The van der Waals surface area contributed by atoms with E-state index in [0.717, 1.165) is 39.5 Å². The first-order chi connectivity index (χ1) is 14.1. The average molecular weight is 404 g/mol. The molecular formula is C27H31O3. The number of hydrogen-bond donors (Lipinski definition) is 0. The molecule has 0 atom stereocenters. The molecular weight excluding hydrogens is 372 g/mol. The van der Waals surface area contributed by atoms with E-state index in [1.807, 2.05) is 77.9 Å². The first-order valence-electron chi connectivity index (χ1n) is 10.2. The SMILES string of the molecule is COc1cc[c]c(-c2ccc(OC(C)(C)C)cc2)c1-c1ccc(OC(C)(C)C)cc1. The van der Waals surface area contributed by atoms with E-state index < -0.39 is 0 Å². The molecule has 0 N–H and O–H groups in total. The van der Waals surface area contributed by atoms with Gasteiger partial charge in [0, 0.05) is 11.1 Å². The highest BCUT2D eigenvalue weighted by atomic mass is 16.5. The standard InChI is InChI=1S/C27H31O3/c1-26(2,3)29-21-15-11-19(12-16-21)23-9-8-10-24(28-7)25(23)20-13-17-22(18-14-20)30-27(4,5)6/h8,10-18H,1-7H3. The lowest BCUT2D eigenvalue weighted by atomic mass is 9.93. The molecule has 0 saturated carbocycles. The summed E-state index contributed by atoms with van der Waals surface area (Å²) in [5.74, 6) is 2.50. The van der Waals surface area contributed by atoms with Crippen molar-refractivity contribution in [3.05, 3.63) is 66.7 Å². The van der Waals surface area contributed by atoms with Crippen molar-refractivity contribution < 1.29 is 14.2 Å². The maximum Gasteiger partial charge on any atom is 0.127 e. The van der Waals surface area contributed by atoms with E-state index in [0.29, 0.717) is 0 Å². The number of methoxy groups -OCH3 is 1. The molecule has 1 radical (unpaired) electrons. The minimum Gasteiger partial charge on any atom is -0.496 e. The maximum absolute atomic E-state index is 5.96. The van der Waals surface area contributed by atoms with Crippen molar-refractivity contribution in [3.8, 4) is 39.5 Å². The highest BCUT2D eigenvalue weighted by Gasteiger charge is 2.16. The second kappa shape index (κ2) is 8.43. The van der Waals surface area contributed by atoms with E-state index in [4.69, 9.17) is 14.2 Å². The van der Waals surface area contributed by atoms with Crippen LogP contribution in [-0.4, -0.2) is 18.3 Å². The Morgan fingerprint density at radius 2 is 1.10 bits per heavy atom. The summed E-state index contributed by atoms with van der Waals surface area (Å²) in [6.45, 7) is 12.3. The summed E-state index contributed by atoms with van der Waals surface area (Å²) in [5, 5.41) is 0. The monoisotopic (exact) mass is 403 g/mol. The van der Waals surface area contributed by atoms with Crippen molar-refractivity contribution in [2.24, 2.45) is 0 Å². The molecule has 0 amide bonds. The van der Waals surface area contributed by atoms with Gasteiger partial charge in [-0.1, -0.05) is 30.3 Å². The molecule has 0 aliphatic heterocycles. The lowest BCUT2D eigenvalue weighted by molar-refractivity contribution is 0.130. The first kappa shape index (κ1) is 21.8. The predicted molar refractivity (Wildman–Crippen MR) is 123 cm³/mol. The van der Waals surface area contributed by atoms with Crippen LogP contribution in [0.3, 0.4) is 0 Å². The van der Waals surface area contributed by atoms with Crippen LogP contribution >= 0.6 is 0 Å². The Balaban J connectivity index is 2.00. The fraction of sp³-hybridized carbons (Fsp3) is 0.333. The molecule has 0 heterocycles. The second-order valence-corrected chi connectivity index (χ2v) is 9.27. The van der Waals surface area contributed by atoms with Gasteiger partial charge in [0.25, 0.3) is 0 Å². The van der Waals surface area contributed by atoms with E-state index in [2.05, 4.69) is 30.3 Å². The van der Waals surface area contributed by atoms with Crippen molar-refractivity contribution >= 4 is 0 Å². The van der Waals surface area contributed by atoms with E-state index in [1.54, 1.807) is 7.11 Å². The summed E-state index contributed by atoms with van der Waals surface area (Å²) in [4.78, 5) is 0. The average Bonchev–Trinajstić information content (AvgIpc) is 2.66. The molecule has 0 fully saturated rings. The van der Waals surface area contributed by atoms with Gasteiger partial charge in [0.05, 0.1) is 7.11 Å². The normalized spacial score (nSPS) is 11.8. The van der Waals surface area contributed by atoms with Gasteiger partial charge in [0.1, 0.15) is 28.5 Å². The molecule has 0 aliphatic rings. The largest absolute Gasteiger partial charge is 0.496 e. The fourth-order valence-corrected chi connectivity index (χ4v) is 3.25. The van der Waals surface area contributed by atoms with Gasteiger partial charge in [-0.15, -0.1) is 0 Å². The highest BCUT2D eigenvalue weighted by molar-refractivity contribution is 5.87. The Hall–Kier alpha value is -2.94. The molecule has 3 heteroatoms. The molecule has 3 rings (SSSR count). The quantitative estimate of drug-likeness (QED) is 0.451. The molecule has 157 valence electrons. The van der Waals surface area contributed by atoms with Gasteiger partial charge in [0.15, 0.2) is 0 Å². The van der Waals surface area contributed by atoms with Crippen molar-refractivity contribution in [2.45, 2.75) is 52.7 Å². The van der Waals surface area contributed by atoms with Crippen LogP contribution in [0.4, 0.5) is 0 Å². The Morgan fingerprint density at radius 3 is 1.53 bits per heavy atom. The van der Waals surface area contributed by atoms with Crippen molar-refractivity contribution in [2.75, 3.05) is 7.11 Å². The summed E-state index contributed by atoms with van der Waals surface area (Å²) >= 11 is 0. The fourth-order valence-electron chi connectivity index (χ4n) is 3.25. The molecule has 0 spiro atoms. The van der Waals surface area contributed by atoms with Gasteiger partial charge in [-0.2, -0.15) is 0 Å². The summed E-state index contributed by atoms with van der Waals surface area (Å²) in [5.41, 5.74) is 3.64. The van der Waals surface area contributed by atoms with Gasteiger partial charge in [0.2, 0.25) is 0 Å². The minimum absolute atomic E-state index is 0.231. The Bertz CT molecular complexity index is 973. The topological polar surface area (TPSA) is 27.7 Å². The Labute approximate surface area is 180 Å². The van der Waals surface area contributed by atoms with E-state index in [9.17, 15) is 0 Å². The minimum atomic E-state index is -0.234. The van der Waals surface area contributed by atoms with Crippen LogP contribution in [0.2, 0.25) is 0 Å². The first-order valence-corrected chi connectivity index (χ1v) is 10.2.